The fraction of sp³-hybridized carbons (Fsp3) is 0.923. The maximum Gasteiger partial charge on any atom is 0.313 e. The zero-order valence-electron chi connectivity index (χ0n) is 19.7. The molecule has 2 saturated heterocycles. The van der Waals surface area contributed by atoms with Gasteiger partial charge >= 0.3 is 11.9 Å². The van der Waals surface area contributed by atoms with Crippen LogP contribution in [0.5, 0.6) is 0 Å². The molecule has 10 fully saturated rings. The highest BCUT2D eigenvalue weighted by molar-refractivity contribution is 5.94. The molecule has 0 radical (unpaired) electrons. The maximum atomic E-state index is 14.2. The van der Waals surface area contributed by atoms with Gasteiger partial charge in [0.05, 0.1) is 51.5 Å². The van der Waals surface area contributed by atoms with Gasteiger partial charge in [0.25, 0.3) is 0 Å². The lowest BCUT2D eigenvalue weighted by Gasteiger charge is -2.59. The lowest BCUT2D eigenvalue weighted by Crippen LogP contribution is -2.68. The molecule has 0 amide bonds. The van der Waals surface area contributed by atoms with Crippen molar-refractivity contribution >= 4 is 11.9 Å². The predicted octanol–water partition coefficient (Wildman–Crippen LogP) is 1.61. The molecular weight excluding hydrogens is 440 g/mol. The first kappa shape index (κ1) is 19.9. The Hall–Kier alpha value is -1.22. The van der Waals surface area contributed by atoms with E-state index in [9.17, 15) is 9.59 Å². The lowest BCUT2D eigenvalue weighted by atomic mass is 9.43. The van der Waals surface area contributed by atoms with Crippen LogP contribution in [0, 0.1) is 70.0 Å². The number of ether oxygens (including phenoxy) is 6. The summed E-state index contributed by atoms with van der Waals surface area (Å²) in [5.41, 5.74) is -1.70. The number of carbonyl (C=O) groups is 2. The Labute approximate surface area is 198 Å². The summed E-state index contributed by atoms with van der Waals surface area (Å²) in [6.45, 7) is 2.43. The van der Waals surface area contributed by atoms with Crippen molar-refractivity contribution in [3.05, 3.63) is 0 Å². The number of fused-ring (bicyclic) bond motifs is 4. The Morgan fingerprint density at radius 3 is 1.35 bits per heavy atom. The predicted molar refractivity (Wildman–Crippen MR) is 112 cm³/mol. The quantitative estimate of drug-likeness (QED) is 0.560. The Balaban J connectivity index is 1.29. The van der Waals surface area contributed by atoms with Crippen molar-refractivity contribution in [2.75, 3.05) is 40.6 Å². The molecule has 10 aliphatic rings. The van der Waals surface area contributed by atoms with Gasteiger partial charge < -0.3 is 28.4 Å². The molecule has 2 aliphatic heterocycles. The Bertz CT molecular complexity index is 934. The van der Waals surface area contributed by atoms with Crippen LogP contribution in [0.15, 0.2) is 0 Å². The van der Waals surface area contributed by atoms with Gasteiger partial charge in [0, 0.05) is 24.7 Å². The third kappa shape index (κ3) is 1.53. The molecule has 0 aromatic heterocycles. The third-order valence-corrected chi connectivity index (χ3v) is 12.8. The van der Waals surface area contributed by atoms with E-state index in [4.69, 9.17) is 28.4 Å². The maximum absolute atomic E-state index is 14.2. The first-order valence-electron chi connectivity index (χ1n) is 13.3. The molecule has 2 spiro atoms. The average molecular weight is 473 g/mol. The second kappa shape index (κ2) is 5.68. The Morgan fingerprint density at radius 1 is 0.618 bits per heavy atom. The summed E-state index contributed by atoms with van der Waals surface area (Å²) in [5, 5.41) is 0. The van der Waals surface area contributed by atoms with Crippen molar-refractivity contribution in [3.8, 4) is 0 Å². The van der Waals surface area contributed by atoms with E-state index in [2.05, 4.69) is 0 Å². The van der Waals surface area contributed by atoms with Crippen LogP contribution in [0.25, 0.3) is 0 Å². The summed E-state index contributed by atoms with van der Waals surface area (Å²) in [6, 6.07) is 0. The van der Waals surface area contributed by atoms with E-state index in [1.54, 1.807) is 0 Å². The standard InChI is InChI=1S/C26H32O8/c1-29-21(27)25-15-11-3-5-24(33-9-10-34-24)18(11)20-13(15)14-16(26(20,25)22(28)30-2)12-4-6-23(17(12)19(14)25)31-7-8-32-23/h11-20H,3-10H2,1-2H3/t11-,12+,13+,14-,15+,16-,17-,18-,19+,20-,25+,26+/m0/s1. The van der Waals surface area contributed by atoms with Gasteiger partial charge in [-0.25, -0.2) is 0 Å². The van der Waals surface area contributed by atoms with Gasteiger partial charge in [-0.15, -0.1) is 0 Å². The molecule has 8 heteroatoms. The molecule has 12 atom stereocenters. The molecule has 184 valence electrons. The van der Waals surface area contributed by atoms with Crippen molar-refractivity contribution in [2.24, 2.45) is 70.0 Å². The highest BCUT2D eigenvalue weighted by Gasteiger charge is 3.03. The van der Waals surface area contributed by atoms with E-state index in [1.807, 2.05) is 0 Å². The molecule has 34 heavy (non-hydrogen) atoms. The normalized spacial score (nSPS) is 59.0. The van der Waals surface area contributed by atoms with Crippen molar-refractivity contribution in [1.82, 2.24) is 0 Å². The van der Waals surface area contributed by atoms with Crippen LogP contribution in [0.4, 0.5) is 0 Å². The molecule has 8 nitrogen and oxygen atoms in total. The molecule has 0 N–H and O–H groups in total. The SMILES string of the molecule is COC(=O)[C@@]12[C@@H]3[C@@H]4CCC5(OCCO5)[C@@H]4[C@@H]4[C@@H]3[C@@H]3[C@@H]1[C@@H]1[C@H](CCC15OCCO5)[C@@H]3[C@]42C(=O)OC. The summed E-state index contributed by atoms with van der Waals surface area (Å²) in [7, 11) is 2.99. The Kier molecular flexibility index (Phi) is 3.33. The number of rotatable bonds is 2. The molecule has 8 bridgehead atoms. The highest BCUT2D eigenvalue weighted by atomic mass is 16.7. The van der Waals surface area contributed by atoms with E-state index >= 15 is 0 Å². The van der Waals surface area contributed by atoms with Gasteiger partial charge in [0.1, 0.15) is 0 Å². The molecule has 2 heterocycles. The van der Waals surface area contributed by atoms with Crippen LogP contribution >= 0.6 is 0 Å². The average Bonchev–Trinajstić information content (AvgIpc) is 3.69. The van der Waals surface area contributed by atoms with E-state index in [0.717, 1.165) is 25.7 Å². The largest absolute Gasteiger partial charge is 0.469 e. The topological polar surface area (TPSA) is 89.5 Å². The minimum absolute atomic E-state index is 0.0591. The van der Waals surface area contributed by atoms with Crippen LogP contribution in [0.1, 0.15) is 25.7 Å². The van der Waals surface area contributed by atoms with E-state index < -0.39 is 22.4 Å². The van der Waals surface area contributed by atoms with Gasteiger partial charge in [-0.05, 0) is 60.2 Å². The molecule has 10 rings (SSSR count). The monoisotopic (exact) mass is 472 g/mol. The number of esters is 2. The second-order valence-electron chi connectivity index (χ2n) is 12.5. The molecule has 0 aromatic rings. The first-order valence-corrected chi connectivity index (χ1v) is 13.3. The van der Waals surface area contributed by atoms with E-state index in [-0.39, 0.29) is 47.4 Å². The third-order valence-electron chi connectivity index (χ3n) is 12.8. The smallest absolute Gasteiger partial charge is 0.313 e. The molecule has 8 aliphatic carbocycles. The highest BCUT2D eigenvalue weighted by Crippen LogP contribution is 2.98. The summed E-state index contributed by atoms with van der Waals surface area (Å²) >= 11 is 0. The first-order chi connectivity index (χ1) is 16.5. The number of hydrogen-bond acceptors (Lipinski definition) is 8. The summed E-state index contributed by atoms with van der Waals surface area (Å²) in [5.74, 6) is 0.347. The molecule has 0 aromatic carbocycles. The fourth-order valence-corrected chi connectivity index (χ4v) is 13.3. The van der Waals surface area contributed by atoms with Crippen LogP contribution in [-0.4, -0.2) is 64.2 Å². The fourth-order valence-electron chi connectivity index (χ4n) is 13.3. The molecule has 8 saturated carbocycles. The zero-order valence-corrected chi connectivity index (χ0v) is 19.7. The summed E-state index contributed by atoms with van der Waals surface area (Å²) in [6.07, 6.45) is 3.66. The minimum atomic E-state index is -0.849. The van der Waals surface area contributed by atoms with Crippen molar-refractivity contribution in [2.45, 2.75) is 37.3 Å². The van der Waals surface area contributed by atoms with Crippen LogP contribution < -0.4 is 0 Å². The van der Waals surface area contributed by atoms with E-state index in [0.29, 0.717) is 50.1 Å². The van der Waals surface area contributed by atoms with Crippen LogP contribution in [0.3, 0.4) is 0 Å². The molecular formula is C26H32O8. The number of methoxy groups -OCH3 is 2. The van der Waals surface area contributed by atoms with Gasteiger partial charge in [-0.2, -0.15) is 0 Å². The van der Waals surface area contributed by atoms with E-state index in [1.165, 1.54) is 14.2 Å². The van der Waals surface area contributed by atoms with Crippen molar-refractivity contribution in [3.63, 3.8) is 0 Å². The van der Waals surface area contributed by atoms with Gasteiger partial charge in [0.2, 0.25) is 0 Å². The number of carbonyl (C=O) groups excluding carboxylic acids is 2. The van der Waals surface area contributed by atoms with Gasteiger partial charge in [-0.1, -0.05) is 0 Å². The van der Waals surface area contributed by atoms with Crippen LogP contribution in [-0.2, 0) is 38.0 Å². The molecule has 0 unspecified atom stereocenters. The zero-order chi connectivity index (χ0) is 22.8. The minimum Gasteiger partial charge on any atom is -0.469 e. The number of hydrogen-bond donors (Lipinski definition) is 0. The van der Waals surface area contributed by atoms with Gasteiger partial charge in [-0.3, -0.25) is 9.59 Å². The lowest BCUT2D eigenvalue weighted by molar-refractivity contribution is -0.258. The Morgan fingerprint density at radius 2 is 1.00 bits per heavy atom. The van der Waals surface area contributed by atoms with Crippen molar-refractivity contribution in [1.29, 1.82) is 0 Å². The summed E-state index contributed by atoms with van der Waals surface area (Å²) < 4.78 is 36.6. The second-order valence-corrected chi connectivity index (χ2v) is 12.5. The van der Waals surface area contributed by atoms with Crippen molar-refractivity contribution < 1.29 is 38.0 Å². The van der Waals surface area contributed by atoms with Crippen LogP contribution in [0.2, 0.25) is 0 Å². The summed E-state index contributed by atoms with van der Waals surface area (Å²) in [4.78, 5) is 28.3. The van der Waals surface area contributed by atoms with Gasteiger partial charge in [0.15, 0.2) is 11.6 Å².